The Bertz CT molecular complexity index is 682. The summed E-state index contributed by atoms with van der Waals surface area (Å²) in [5.74, 6) is 0.602. The lowest BCUT2D eigenvalue weighted by atomic mass is 10.2. The van der Waals surface area contributed by atoms with Gasteiger partial charge in [0.25, 0.3) is 0 Å². The summed E-state index contributed by atoms with van der Waals surface area (Å²) in [5.41, 5.74) is 0.961. The van der Waals surface area contributed by atoms with Gasteiger partial charge in [-0.15, -0.1) is 11.8 Å². The highest BCUT2D eigenvalue weighted by molar-refractivity contribution is 8.01. The predicted octanol–water partition coefficient (Wildman–Crippen LogP) is 2.51. The SMILES string of the molecule is O=S1(=O)CCC(Sc2ccc3ccccc3n2)C1. The van der Waals surface area contributed by atoms with Gasteiger partial charge in [0, 0.05) is 10.6 Å². The molecule has 1 aliphatic heterocycles. The molecule has 0 bridgehead atoms. The maximum absolute atomic E-state index is 11.4. The van der Waals surface area contributed by atoms with Gasteiger partial charge < -0.3 is 0 Å². The molecule has 1 fully saturated rings. The van der Waals surface area contributed by atoms with Crippen molar-refractivity contribution < 1.29 is 8.42 Å². The summed E-state index contributed by atoms with van der Waals surface area (Å²) in [5, 5.41) is 2.18. The van der Waals surface area contributed by atoms with Crippen molar-refractivity contribution in [1.29, 1.82) is 0 Å². The van der Waals surface area contributed by atoms with E-state index in [-0.39, 0.29) is 11.0 Å². The highest BCUT2D eigenvalue weighted by Gasteiger charge is 2.28. The van der Waals surface area contributed by atoms with E-state index in [9.17, 15) is 8.42 Å². The Labute approximate surface area is 111 Å². The molecular weight excluding hydrogens is 266 g/mol. The molecule has 1 aromatic carbocycles. The molecule has 0 amide bonds. The molecule has 2 aromatic rings. The Morgan fingerprint density at radius 3 is 2.78 bits per heavy atom. The maximum atomic E-state index is 11.4. The van der Waals surface area contributed by atoms with Crippen molar-refractivity contribution in [3.8, 4) is 0 Å². The monoisotopic (exact) mass is 279 g/mol. The molecule has 5 heteroatoms. The van der Waals surface area contributed by atoms with Crippen LogP contribution < -0.4 is 0 Å². The van der Waals surface area contributed by atoms with Crippen molar-refractivity contribution in [2.45, 2.75) is 16.7 Å². The van der Waals surface area contributed by atoms with Crippen LogP contribution >= 0.6 is 11.8 Å². The molecule has 18 heavy (non-hydrogen) atoms. The van der Waals surface area contributed by atoms with E-state index in [1.807, 2.05) is 36.4 Å². The number of benzene rings is 1. The van der Waals surface area contributed by atoms with Crippen molar-refractivity contribution in [3.63, 3.8) is 0 Å². The number of nitrogens with zero attached hydrogens (tertiary/aromatic N) is 1. The van der Waals surface area contributed by atoms with Gasteiger partial charge in [-0.1, -0.05) is 24.3 Å². The summed E-state index contributed by atoms with van der Waals surface area (Å²) in [4.78, 5) is 4.55. The molecule has 1 unspecified atom stereocenters. The Balaban J connectivity index is 1.83. The molecule has 1 atom stereocenters. The van der Waals surface area contributed by atoms with Crippen LogP contribution in [0.5, 0.6) is 0 Å². The van der Waals surface area contributed by atoms with E-state index in [0.29, 0.717) is 5.75 Å². The van der Waals surface area contributed by atoms with Gasteiger partial charge in [-0.2, -0.15) is 0 Å². The van der Waals surface area contributed by atoms with E-state index < -0.39 is 9.84 Å². The minimum atomic E-state index is -2.81. The lowest BCUT2D eigenvalue weighted by Crippen LogP contribution is -2.06. The molecule has 1 saturated heterocycles. The van der Waals surface area contributed by atoms with Crippen LogP contribution in [-0.2, 0) is 9.84 Å². The first-order chi connectivity index (χ1) is 8.62. The Morgan fingerprint density at radius 2 is 2.00 bits per heavy atom. The van der Waals surface area contributed by atoms with Gasteiger partial charge in [-0.25, -0.2) is 13.4 Å². The van der Waals surface area contributed by atoms with E-state index in [4.69, 9.17) is 0 Å². The first-order valence-corrected chi connectivity index (χ1v) is 8.55. The van der Waals surface area contributed by atoms with E-state index in [0.717, 1.165) is 22.3 Å². The molecule has 0 spiro atoms. The molecule has 2 heterocycles. The average molecular weight is 279 g/mol. The van der Waals surface area contributed by atoms with Gasteiger partial charge >= 0.3 is 0 Å². The number of aromatic nitrogens is 1. The first-order valence-electron chi connectivity index (χ1n) is 5.85. The lowest BCUT2D eigenvalue weighted by Gasteiger charge is -2.07. The zero-order valence-electron chi connectivity index (χ0n) is 9.74. The first kappa shape index (κ1) is 12.0. The standard InChI is InChI=1S/C13H13NO2S2/c15-18(16)8-7-11(9-18)17-13-6-5-10-3-1-2-4-12(10)14-13/h1-6,11H,7-9H2. The fraction of sp³-hybridized carbons (Fsp3) is 0.308. The normalized spacial score (nSPS) is 22.3. The zero-order chi connectivity index (χ0) is 12.6. The summed E-state index contributed by atoms with van der Waals surface area (Å²) in [6.07, 6.45) is 0.738. The molecule has 1 aromatic heterocycles. The van der Waals surface area contributed by atoms with Crippen molar-refractivity contribution >= 4 is 32.5 Å². The fourth-order valence-corrected chi connectivity index (χ4v) is 5.60. The Hall–Kier alpha value is -1.07. The molecule has 3 rings (SSSR count). The van der Waals surface area contributed by atoms with Crippen LogP contribution in [0.25, 0.3) is 10.9 Å². The predicted molar refractivity (Wildman–Crippen MR) is 74.7 cm³/mol. The number of fused-ring (bicyclic) bond motifs is 1. The van der Waals surface area contributed by atoms with Crippen LogP contribution in [-0.4, -0.2) is 30.2 Å². The van der Waals surface area contributed by atoms with E-state index in [1.165, 1.54) is 0 Å². The van der Waals surface area contributed by atoms with Crippen LogP contribution in [0.2, 0.25) is 0 Å². The van der Waals surface area contributed by atoms with Crippen molar-refractivity contribution in [3.05, 3.63) is 36.4 Å². The average Bonchev–Trinajstić information content (AvgIpc) is 2.68. The Morgan fingerprint density at radius 1 is 1.17 bits per heavy atom. The number of hydrogen-bond donors (Lipinski definition) is 0. The van der Waals surface area contributed by atoms with Crippen LogP contribution in [0.3, 0.4) is 0 Å². The van der Waals surface area contributed by atoms with Crippen LogP contribution in [0.15, 0.2) is 41.4 Å². The van der Waals surface area contributed by atoms with Gasteiger partial charge in [0.1, 0.15) is 0 Å². The minimum absolute atomic E-state index is 0.156. The molecule has 1 aliphatic rings. The van der Waals surface area contributed by atoms with Gasteiger partial charge in [0.05, 0.1) is 22.0 Å². The van der Waals surface area contributed by atoms with Gasteiger partial charge in [-0.3, -0.25) is 0 Å². The summed E-state index contributed by atoms with van der Waals surface area (Å²) in [7, 11) is -2.81. The fourth-order valence-electron chi connectivity index (χ4n) is 2.14. The number of hydrogen-bond acceptors (Lipinski definition) is 4. The summed E-state index contributed by atoms with van der Waals surface area (Å²) < 4.78 is 22.8. The lowest BCUT2D eigenvalue weighted by molar-refractivity contribution is 0.602. The number of pyridine rings is 1. The minimum Gasteiger partial charge on any atom is -0.241 e. The van der Waals surface area contributed by atoms with Crippen LogP contribution in [0, 0.1) is 0 Å². The summed E-state index contributed by atoms with van der Waals surface area (Å²) in [6, 6.07) is 12.0. The third-order valence-corrected chi connectivity index (χ3v) is 6.23. The molecule has 0 N–H and O–H groups in total. The van der Waals surface area contributed by atoms with Gasteiger partial charge in [0.15, 0.2) is 9.84 Å². The molecular formula is C13H13NO2S2. The van der Waals surface area contributed by atoms with E-state index >= 15 is 0 Å². The zero-order valence-corrected chi connectivity index (χ0v) is 11.4. The number of para-hydroxylation sites is 1. The second-order valence-electron chi connectivity index (χ2n) is 4.49. The highest BCUT2D eigenvalue weighted by Crippen LogP contribution is 2.30. The van der Waals surface area contributed by atoms with Crippen molar-refractivity contribution in [2.75, 3.05) is 11.5 Å². The second-order valence-corrected chi connectivity index (χ2v) is 8.03. The largest absolute Gasteiger partial charge is 0.241 e. The highest BCUT2D eigenvalue weighted by atomic mass is 32.2. The van der Waals surface area contributed by atoms with E-state index in [2.05, 4.69) is 4.98 Å². The van der Waals surface area contributed by atoms with Crippen LogP contribution in [0.1, 0.15) is 6.42 Å². The van der Waals surface area contributed by atoms with Crippen LogP contribution in [0.4, 0.5) is 0 Å². The van der Waals surface area contributed by atoms with Crippen molar-refractivity contribution in [2.24, 2.45) is 0 Å². The molecule has 3 nitrogen and oxygen atoms in total. The number of thioether (sulfide) groups is 1. The van der Waals surface area contributed by atoms with Gasteiger partial charge in [-0.05, 0) is 18.6 Å². The topological polar surface area (TPSA) is 47.0 Å². The number of sulfone groups is 1. The number of rotatable bonds is 2. The molecule has 94 valence electrons. The van der Waals surface area contributed by atoms with Crippen molar-refractivity contribution in [1.82, 2.24) is 4.98 Å². The summed E-state index contributed by atoms with van der Waals surface area (Å²) in [6.45, 7) is 0. The third-order valence-electron chi connectivity index (χ3n) is 3.05. The third kappa shape index (κ3) is 2.52. The summed E-state index contributed by atoms with van der Waals surface area (Å²) >= 11 is 1.58. The van der Waals surface area contributed by atoms with E-state index in [1.54, 1.807) is 11.8 Å². The molecule has 0 radical (unpaired) electrons. The Kier molecular flexibility index (Phi) is 3.03. The molecule has 0 aliphatic carbocycles. The molecule has 0 saturated carbocycles. The maximum Gasteiger partial charge on any atom is 0.151 e. The van der Waals surface area contributed by atoms with Gasteiger partial charge in [0.2, 0.25) is 0 Å². The smallest absolute Gasteiger partial charge is 0.151 e. The second kappa shape index (κ2) is 4.55. The quantitative estimate of drug-likeness (QED) is 0.847.